The molecule has 100 valence electrons. The van der Waals surface area contributed by atoms with Gasteiger partial charge in [0.05, 0.1) is 0 Å². The lowest BCUT2D eigenvalue weighted by Gasteiger charge is -2.37. The molecular formula is C14H22FN3. The molecule has 1 unspecified atom stereocenters. The van der Waals surface area contributed by atoms with E-state index in [2.05, 4.69) is 23.8 Å². The van der Waals surface area contributed by atoms with Gasteiger partial charge in [-0.25, -0.2) is 4.39 Å². The van der Waals surface area contributed by atoms with Crippen LogP contribution in [-0.2, 0) is 13.1 Å². The lowest BCUT2D eigenvalue weighted by molar-refractivity contribution is 0.0998. The highest BCUT2D eigenvalue weighted by molar-refractivity contribution is 5.27. The molecule has 0 amide bonds. The molecular weight excluding hydrogens is 229 g/mol. The molecule has 2 rings (SSSR count). The fourth-order valence-corrected chi connectivity index (χ4v) is 2.45. The van der Waals surface area contributed by atoms with Gasteiger partial charge < -0.3 is 10.6 Å². The molecule has 0 bridgehead atoms. The van der Waals surface area contributed by atoms with Crippen LogP contribution in [0.2, 0.25) is 0 Å². The summed E-state index contributed by atoms with van der Waals surface area (Å²) in [5.41, 5.74) is 7.75. The van der Waals surface area contributed by atoms with E-state index in [1.54, 1.807) is 6.07 Å². The largest absolute Gasteiger partial charge is 0.326 e. The maximum absolute atomic E-state index is 13.2. The van der Waals surface area contributed by atoms with Crippen molar-refractivity contribution < 1.29 is 4.39 Å². The van der Waals surface area contributed by atoms with Crippen molar-refractivity contribution in [3.63, 3.8) is 0 Å². The number of benzene rings is 1. The van der Waals surface area contributed by atoms with Crippen molar-refractivity contribution in [3.05, 3.63) is 35.1 Å². The van der Waals surface area contributed by atoms with E-state index >= 15 is 0 Å². The van der Waals surface area contributed by atoms with E-state index in [-0.39, 0.29) is 5.82 Å². The third kappa shape index (κ3) is 3.07. The summed E-state index contributed by atoms with van der Waals surface area (Å²) in [5.74, 6) is -0.203. The highest BCUT2D eigenvalue weighted by Gasteiger charge is 2.21. The van der Waals surface area contributed by atoms with E-state index < -0.39 is 0 Å². The van der Waals surface area contributed by atoms with Gasteiger partial charge in [0.25, 0.3) is 0 Å². The first kappa shape index (κ1) is 13.5. The van der Waals surface area contributed by atoms with Crippen molar-refractivity contribution in [2.24, 2.45) is 5.73 Å². The van der Waals surface area contributed by atoms with Crippen molar-refractivity contribution >= 4 is 0 Å². The van der Waals surface area contributed by atoms with E-state index in [9.17, 15) is 4.39 Å². The number of rotatable bonds is 3. The SMILES string of the molecule is CC1CN(Cc2ccc(F)cc2CN)CCN1C. The lowest BCUT2D eigenvalue weighted by atomic mass is 10.1. The zero-order chi connectivity index (χ0) is 13.1. The Labute approximate surface area is 108 Å². The molecule has 1 aliphatic heterocycles. The van der Waals surface area contributed by atoms with Crippen LogP contribution < -0.4 is 5.73 Å². The number of nitrogens with two attached hydrogens (primary N) is 1. The molecule has 0 radical (unpaired) electrons. The van der Waals surface area contributed by atoms with E-state index in [1.165, 1.54) is 6.07 Å². The van der Waals surface area contributed by atoms with Crippen molar-refractivity contribution in [3.8, 4) is 0 Å². The minimum Gasteiger partial charge on any atom is -0.326 e. The highest BCUT2D eigenvalue weighted by Crippen LogP contribution is 2.16. The molecule has 0 aromatic heterocycles. The molecule has 1 aromatic carbocycles. The molecule has 4 heteroatoms. The van der Waals surface area contributed by atoms with E-state index in [0.29, 0.717) is 12.6 Å². The second-order valence-electron chi connectivity index (χ2n) is 5.18. The Morgan fingerprint density at radius 1 is 1.33 bits per heavy atom. The summed E-state index contributed by atoms with van der Waals surface area (Å²) in [6.45, 7) is 6.70. The number of hydrogen-bond acceptors (Lipinski definition) is 3. The van der Waals surface area contributed by atoms with Crippen LogP contribution >= 0.6 is 0 Å². The van der Waals surface area contributed by atoms with Crippen LogP contribution in [-0.4, -0.2) is 42.5 Å². The zero-order valence-electron chi connectivity index (χ0n) is 11.2. The molecule has 1 aromatic rings. The number of hydrogen-bond donors (Lipinski definition) is 1. The van der Waals surface area contributed by atoms with Crippen molar-refractivity contribution in [1.29, 1.82) is 0 Å². The molecule has 2 N–H and O–H groups in total. The average Bonchev–Trinajstić information content (AvgIpc) is 2.36. The van der Waals surface area contributed by atoms with Gasteiger partial charge in [0.2, 0.25) is 0 Å². The predicted octanol–water partition coefficient (Wildman–Crippen LogP) is 1.42. The highest BCUT2D eigenvalue weighted by atomic mass is 19.1. The van der Waals surface area contributed by atoms with Gasteiger partial charge in [0, 0.05) is 38.8 Å². The van der Waals surface area contributed by atoms with Crippen LogP contribution in [0.1, 0.15) is 18.1 Å². The van der Waals surface area contributed by atoms with Gasteiger partial charge >= 0.3 is 0 Å². The predicted molar refractivity (Wildman–Crippen MR) is 71.7 cm³/mol. The standard InChI is InChI=1S/C14H22FN3/c1-11-9-18(6-5-17(11)2)10-12-3-4-14(15)7-13(12)8-16/h3-4,7,11H,5-6,8-10,16H2,1-2H3. The summed E-state index contributed by atoms with van der Waals surface area (Å²) in [6.07, 6.45) is 0. The minimum atomic E-state index is -0.203. The molecule has 18 heavy (non-hydrogen) atoms. The molecule has 1 fully saturated rings. The van der Waals surface area contributed by atoms with Gasteiger partial charge in [-0.1, -0.05) is 6.07 Å². The van der Waals surface area contributed by atoms with E-state index in [1.807, 2.05) is 6.07 Å². The van der Waals surface area contributed by atoms with Gasteiger partial charge in [-0.15, -0.1) is 0 Å². The van der Waals surface area contributed by atoms with Crippen LogP contribution in [0.4, 0.5) is 4.39 Å². The fourth-order valence-electron chi connectivity index (χ4n) is 2.45. The summed E-state index contributed by atoms with van der Waals surface area (Å²) in [6, 6.07) is 5.50. The van der Waals surface area contributed by atoms with Gasteiger partial charge in [0.1, 0.15) is 5.82 Å². The fraction of sp³-hybridized carbons (Fsp3) is 0.571. The number of halogens is 1. The maximum Gasteiger partial charge on any atom is 0.123 e. The monoisotopic (exact) mass is 251 g/mol. The van der Waals surface area contributed by atoms with Gasteiger partial charge in [-0.05, 0) is 37.2 Å². The second-order valence-corrected chi connectivity index (χ2v) is 5.18. The number of nitrogens with zero attached hydrogens (tertiary/aromatic N) is 2. The molecule has 0 spiro atoms. The molecule has 3 nitrogen and oxygen atoms in total. The Kier molecular flexibility index (Phi) is 4.32. The average molecular weight is 251 g/mol. The summed E-state index contributed by atoms with van der Waals surface area (Å²) >= 11 is 0. The Morgan fingerprint density at radius 3 is 2.78 bits per heavy atom. The van der Waals surface area contributed by atoms with Crippen LogP contribution in [0.3, 0.4) is 0 Å². The normalized spacial score (nSPS) is 22.3. The topological polar surface area (TPSA) is 32.5 Å². The number of piperazine rings is 1. The summed E-state index contributed by atoms with van der Waals surface area (Å²) < 4.78 is 13.2. The van der Waals surface area contributed by atoms with Crippen LogP contribution in [0.5, 0.6) is 0 Å². The Balaban J connectivity index is 2.05. The van der Waals surface area contributed by atoms with E-state index in [4.69, 9.17) is 5.73 Å². The molecule has 0 saturated carbocycles. The molecule has 1 heterocycles. The Hall–Kier alpha value is -0.970. The van der Waals surface area contributed by atoms with Gasteiger partial charge in [-0.3, -0.25) is 4.90 Å². The number of likely N-dealkylation sites (N-methyl/N-ethyl adjacent to an activating group) is 1. The molecule has 1 saturated heterocycles. The first-order valence-electron chi connectivity index (χ1n) is 6.50. The lowest BCUT2D eigenvalue weighted by Crippen LogP contribution is -2.49. The Bertz CT molecular complexity index is 408. The van der Waals surface area contributed by atoms with Crippen molar-refractivity contribution in [2.75, 3.05) is 26.7 Å². The van der Waals surface area contributed by atoms with Crippen LogP contribution in [0.15, 0.2) is 18.2 Å². The summed E-state index contributed by atoms with van der Waals surface area (Å²) in [7, 11) is 2.16. The van der Waals surface area contributed by atoms with Gasteiger partial charge in [-0.2, -0.15) is 0 Å². The van der Waals surface area contributed by atoms with Crippen molar-refractivity contribution in [1.82, 2.24) is 9.80 Å². The first-order valence-corrected chi connectivity index (χ1v) is 6.50. The summed E-state index contributed by atoms with van der Waals surface area (Å²) in [4.78, 5) is 4.78. The zero-order valence-corrected chi connectivity index (χ0v) is 11.2. The minimum absolute atomic E-state index is 0.203. The quantitative estimate of drug-likeness (QED) is 0.882. The van der Waals surface area contributed by atoms with E-state index in [0.717, 1.165) is 37.3 Å². The smallest absolute Gasteiger partial charge is 0.123 e. The van der Waals surface area contributed by atoms with Crippen LogP contribution in [0.25, 0.3) is 0 Å². The van der Waals surface area contributed by atoms with Crippen LogP contribution in [0, 0.1) is 5.82 Å². The maximum atomic E-state index is 13.2. The van der Waals surface area contributed by atoms with Crippen molar-refractivity contribution in [2.45, 2.75) is 26.1 Å². The third-order valence-electron chi connectivity index (χ3n) is 3.83. The summed E-state index contributed by atoms with van der Waals surface area (Å²) in [5, 5.41) is 0. The first-order chi connectivity index (χ1) is 8.60. The molecule has 1 atom stereocenters. The molecule has 1 aliphatic rings. The second kappa shape index (κ2) is 5.78. The van der Waals surface area contributed by atoms with Gasteiger partial charge in [0.15, 0.2) is 0 Å². The molecule has 0 aliphatic carbocycles. The third-order valence-corrected chi connectivity index (χ3v) is 3.83. The Morgan fingerprint density at radius 2 is 2.11 bits per heavy atom.